The molecule has 0 unspecified atom stereocenters. The molecule has 11 aromatic carbocycles. The Balaban J connectivity index is 1.05. The summed E-state index contributed by atoms with van der Waals surface area (Å²) in [4.78, 5) is 2.51. The molecule has 1 saturated carbocycles. The number of nitrogens with zero attached hydrogens (tertiary/aromatic N) is 1. The van der Waals surface area contributed by atoms with Gasteiger partial charge in [-0.2, -0.15) is 0 Å². The Morgan fingerprint density at radius 1 is 0.404 bits per heavy atom. The van der Waals surface area contributed by atoms with Crippen molar-refractivity contribution in [2.24, 2.45) is 0 Å². The van der Waals surface area contributed by atoms with Gasteiger partial charge in [-0.25, -0.2) is 0 Å². The van der Waals surface area contributed by atoms with Crippen LogP contribution in [0, 0.1) is 6.92 Å². The van der Waals surface area contributed by atoms with Crippen LogP contribution in [0.15, 0.2) is 157 Å². The molecule has 1 aliphatic rings. The number of anilines is 3. The number of rotatable bonds is 6. The van der Waals surface area contributed by atoms with Crippen molar-refractivity contribution in [2.45, 2.75) is 39.0 Å². The highest BCUT2D eigenvalue weighted by Gasteiger charge is 2.27. The van der Waals surface area contributed by atoms with Crippen molar-refractivity contribution in [3.05, 3.63) is 179 Å². The SMILES string of the molecule is Cc1ccc(N(c2ccc(C=Cc3ccc(C=C4CCCCC4)cc3)cc2)c2c3cccc4c5cccc6cc7cccc8c9cccc2c9c(c34)c(c65)c78)cc1. The van der Waals surface area contributed by atoms with Crippen LogP contribution in [-0.2, 0) is 0 Å². The first kappa shape index (κ1) is 32.5. The minimum atomic E-state index is 1.14. The highest BCUT2D eigenvalue weighted by atomic mass is 15.1. The molecule has 1 heteroatoms. The monoisotopic (exact) mass is 727 g/mol. The van der Waals surface area contributed by atoms with E-state index < -0.39 is 0 Å². The molecule has 1 fully saturated rings. The highest BCUT2D eigenvalue weighted by molar-refractivity contribution is 6.50. The normalized spacial score (nSPS) is 13.9. The molecule has 0 radical (unpaired) electrons. The third-order valence-corrected chi connectivity index (χ3v) is 12.9. The van der Waals surface area contributed by atoms with Gasteiger partial charge in [0.15, 0.2) is 0 Å². The van der Waals surface area contributed by atoms with Crippen molar-refractivity contribution in [3.63, 3.8) is 0 Å². The maximum atomic E-state index is 2.51. The average molecular weight is 728 g/mol. The molecule has 0 heterocycles. The molecule has 0 spiro atoms. The Hall–Kier alpha value is -6.70. The maximum Gasteiger partial charge on any atom is 0.0619 e. The van der Waals surface area contributed by atoms with Crippen LogP contribution in [0.3, 0.4) is 0 Å². The number of allylic oxidation sites excluding steroid dienone is 1. The highest BCUT2D eigenvalue weighted by Crippen LogP contribution is 2.55. The van der Waals surface area contributed by atoms with Gasteiger partial charge in [0.2, 0.25) is 0 Å². The zero-order chi connectivity index (χ0) is 37.6. The molecule has 0 bridgehead atoms. The van der Waals surface area contributed by atoms with Gasteiger partial charge in [0.25, 0.3) is 0 Å². The summed E-state index contributed by atoms with van der Waals surface area (Å²) >= 11 is 0. The van der Waals surface area contributed by atoms with Crippen molar-refractivity contribution in [3.8, 4) is 0 Å². The van der Waals surface area contributed by atoms with E-state index >= 15 is 0 Å². The molecule has 0 atom stereocenters. The molecule has 1 aliphatic carbocycles. The van der Waals surface area contributed by atoms with E-state index in [0.29, 0.717) is 0 Å². The van der Waals surface area contributed by atoms with Gasteiger partial charge in [-0.05, 0) is 128 Å². The van der Waals surface area contributed by atoms with Gasteiger partial charge in [-0.15, -0.1) is 0 Å². The smallest absolute Gasteiger partial charge is 0.0619 e. The summed E-state index contributed by atoms with van der Waals surface area (Å²) in [5.74, 6) is 0. The van der Waals surface area contributed by atoms with E-state index in [0.717, 1.165) is 11.4 Å². The first-order valence-corrected chi connectivity index (χ1v) is 20.6. The van der Waals surface area contributed by atoms with Gasteiger partial charge in [0, 0.05) is 38.3 Å². The Labute approximate surface area is 332 Å². The summed E-state index contributed by atoms with van der Waals surface area (Å²) < 4.78 is 0. The van der Waals surface area contributed by atoms with E-state index in [2.05, 4.69) is 182 Å². The fraction of sp³-hybridized carbons (Fsp3) is 0.107. The zero-order valence-corrected chi connectivity index (χ0v) is 32.1. The number of hydrogen-bond acceptors (Lipinski definition) is 1. The van der Waals surface area contributed by atoms with Crippen LogP contribution >= 0.6 is 0 Å². The number of aryl methyl sites for hydroxylation is 1. The Morgan fingerprint density at radius 3 is 1.40 bits per heavy atom. The molecular weight excluding hydrogens is 687 g/mol. The molecule has 12 rings (SSSR count). The first-order chi connectivity index (χ1) is 28.2. The van der Waals surface area contributed by atoms with Crippen LogP contribution in [0.1, 0.15) is 54.4 Å². The zero-order valence-electron chi connectivity index (χ0n) is 32.1. The summed E-state index contributed by atoms with van der Waals surface area (Å²) in [5.41, 5.74) is 10.1. The van der Waals surface area contributed by atoms with Gasteiger partial charge in [-0.1, -0.05) is 157 Å². The lowest BCUT2D eigenvalue weighted by atomic mass is 9.80. The Morgan fingerprint density at radius 2 is 0.842 bits per heavy atom. The number of benzene rings is 11. The van der Waals surface area contributed by atoms with Gasteiger partial charge in [0.05, 0.1) is 5.69 Å². The summed E-state index contributed by atoms with van der Waals surface area (Å²) in [6.07, 6.45) is 13.4. The standard InChI is InChI=1S/C56H41N/c1-35-19-29-42(30-20-35)57(43-31-27-37(28-32-43)22-21-36-23-25-39(26-24-36)33-38-9-3-2-4-10-38)56-48-17-7-15-46-44-13-5-11-40-34-41-12-6-14-45-47-16-8-18-49(56)53(47)55(52(46)48)54(50(40)44)51(41)45/h5-8,11-34H,2-4,9-10H2,1H3. The van der Waals surface area contributed by atoms with Crippen molar-refractivity contribution < 1.29 is 0 Å². The second-order valence-electron chi connectivity index (χ2n) is 16.4. The largest absolute Gasteiger partial charge is 0.309 e. The van der Waals surface area contributed by atoms with E-state index in [4.69, 9.17) is 0 Å². The van der Waals surface area contributed by atoms with Crippen molar-refractivity contribution in [1.82, 2.24) is 0 Å². The van der Waals surface area contributed by atoms with Crippen molar-refractivity contribution in [2.75, 3.05) is 4.90 Å². The Bertz CT molecular complexity index is 3200. The minimum absolute atomic E-state index is 1.14. The predicted molar refractivity (Wildman–Crippen MR) is 248 cm³/mol. The second kappa shape index (κ2) is 12.7. The topological polar surface area (TPSA) is 3.24 Å². The number of fused-ring (bicyclic) bond motifs is 2. The summed E-state index contributed by atoms with van der Waals surface area (Å²) in [7, 11) is 0. The fourth-order valence-corrected chi connectivity index (χ4v) is 10.3. The molecule has 0 saturated heterocycles. The van der Waals surface area contributed by atoms with Crippen LogP contribution in [0.25, 0.3) is 93.6 Å². The minimum Gasteiger partial charge on any atom is -0.309 e. The summed E-state index contributed by atoms with van der Waals surface area (Å²) in [6.45, 7) is 2.17. The van der Waals surface area contributed by atoms with Gasteiger partial charge in [-0.3, -0.25) is 0 Å². The molecule has 57 heavy (non-hydrogen) atoms. The lowest BCUT2D eigenvalue weighted by Gasteiger charge is -2.31. The first-order valence-electron chi connectivity index (χ1n) is 20.6. The predicted octanol–water partition coefficient (Wildman–Crippen LogP) is 16.4. The van der Waals surface area contributed by atoms with Crippen LogP contribution < -0.4 is 4.90 Å². The van der Waals surface area contributed by atoms with Crippen LogP contribution in [0.2, 0.25) is 0 Å². The molecule has 1 nitrogen and oxygen atoms in total. The van der Waals surface area contributed by atoms with Crippen molar-refractivity contribution >= 4 is 111 Å². The third-order valence-electron chi connectivity index (χ3n) is 12.9. The quantitative estimate of drug-likeness (QED) is 0.0936. The van der Waals surface area contributed by atoms with E-state index in [1.165, 1.54) is 135 Å². The van der Waals surface area contributed by atoms with Gasteiger partial charge >= 0.3 is 0 Å². The van der Waals surface area contributed by atoms with E-state index in [-0.39, 0.29) is 0 Å². The molecule has 0 aliphatic heterocycles. The van der Waals surface area contributed by atoms with Crippen LogP contribution in [0.4, 0.5) is 17.1 Å². The average Bonchev–Trinajstić information content (AvgIpc) is 3.26. The lowest BCUT2D eigenvalue weighted by molar-refractivity contribution is 0.602. The fourth-order valence-electron chi connectivity index (χ4n) is 10.3. The molecular formula is C56H41N. The van der Waals surface area contributed by atoms with E-state index in [1.807, 2.05) is 0 Å². The van der Waals surface area contributed by atoms with Gasteiger partial charge < -0.3 is 4.90 Å². The van der Waals surface area contributed by atoms with Crippen molar-refractivity contribution in [1.29, 1.82) is 0 Å². The van der Waals surface area contributed by atoms with Gasteiger partial charge in [0.1, 0.15) is 0 Å². The summed E-state index contributed by atoms with van der Waals surface area (Å²) in [5, 5.41) is 18.7. The summed E-state index contributed by atoms with van der Waals surface area (Å²) in [6, 6.07) is 57.2. The van der Waals surface area contributed by atoms with E-state index in [1.54, 1.807) is 5.57 Å². The van der Waals surface area contributed by atoms with Crippen LogP contribution in [0.5, 0.6) is 0 Å². The maximum absolute atomic E-state index is 2.51. The number of hydrogen-bond donors (Lipinski definition) is 0. The molecule has 11 aromatic rings. The molecule has 270 valence electrons. The Kier molecular flexibility index (Phi) is 7.23. The van der Waals surface area contributed by atoms with E-state index in [9.17, 15) is 0 Å². The molecule has 0 N–H and O–H groups in total. The second-order valence-corrected chi connectivity index (χ2v) is 16.4. The molecule has 0 aromatic heterocycles. The lowest BCUT2D eigenvalue weighted by Crippen LogP contribution is -2.12. The third kappa shape index (κ3) is 5.02. The van der Waals surface area contributed by atoms with Crippen LogP contribution in [-0.4, -0.2) is 0 Å². The molecule has 0 amide bonds.